The van der Waals surface area contributed by atoms with Gasteiger partial charge in [0.25, 0.3) is 0 Å². The molecule has 118 valence electrons. The van der Waals surface area contributed by atoms with Gasteiger partial charge in [0, 0.05) is 38.1 Å². The fraction of sp³-hybridized carbons (Fsp3) is 0.562. The van der Waals surface area contributed by atoms with E-state index < -0.39 is 0 Å². The molecule has 0 bridgehead atoms. The summed E-state index contributed by atoms with van der Waals surface area (Å²) >= 11 is 0. The molecule has 0 N–H and O–H groups in total. The zero-order valence-electron chi connectivity index (χ0n) is 13.6. The first-order valence-corrected chi connectivity index (χ1v) is 7.89. The fourth-order valence-corrected chi connectivity index (χ4v) is 2.72. The van der Waals surface area contributed by atoms with Crippen LogP contribution in [0.2, 0.25) is 0 Å². The van der Waals surface area contributed by atoms with Crippen molar-refractivity contribution < 1.29 is 0 Å². The molecule has 3 heterocycles. The van der Waals surface area contributed by atoms with Gasteiger partial charge in [0.1, 0.15) is 5.82 Å². The molecule has 0 radical (unpaired) electrons. The van der Waals surface area contributed by atoms with Gasteiger partial charge in [-0.1, -0.05) is 0 Å². The van der Waals surface area contributed by atoms with Crippen LogP contribution in [-0.2, 0) is 19.6 Å². The van der Waals surface area contributed by atoms with E-state index >= 15 is 0 Å². The molecule has 1 aliphatic heterocycles. The Morgan fingerprint density at radius 3 is 2.82 bits per heavy atom. The SMILES string of the molecule is CC(C)N(C)Cc1ncn2c1CN(c1cnccn1)CCC2. The smallest absolute Gasteiger partial charge is 0.147 e. The van der Waals surface area contributed by atoms with Gasteiger partial charge in [-0.05, 0) is 27.3 Å². The van der Waals surface area contributed by atoms with Crippen LogP contribution >= 0.6 is 0 Å². The lowest BCUT2D eigenvalue weighted by atomic mass is 10.2. The normalized spacial score (nSPS) is 15.2. The molecule has 2 aromatic heterocycles. The molecule has 3 rings (SSSR count). The minimum Gasteiger partial charge on any atom is -0.349 e. The number of hydrogen-bond donors (Lipinski definition) is 0. The van der Waals surface area contributed by atoms with E-state index in [1.807, 2.05) is 12.5 Å². The second kappa shape index (κ2) is 6.44. The third-order valence-electron chi connectivity index (χ3n) is 4.35. The number of imidazole rings is 1. The topological polar surface area (TPSA) is 50.1 Å². The summed E-state index contributed by atoms with van der Waals surface area (Å²) in [5, 5.41) is 0. The highest BCUT2D eigenvalue weighted by atomic mass is 15.2. The summed E-state index contributed by atoms with van der Waals surface area (Å²) in [5.41, 5.74) is 2.47. The van der Waals surface area contributed by atoms with Gasteiger partial charge >= 0.3 is 0 Å². The summed E-state index contributed by atoms with van der Waals surface area (Å²) < 4.78 is 2.29. The second-order valence-corrected chi connectivity index (χ2v) is 6.18. The summed E-state index contributed by atoms with van der Waals surface area (Å²) in [6.07, 6.45) is 8.39. The van der Waals surface area contributed by atoms with Crippen LogP contribution < -0.4 is 4.90 Å². The molecule has 0 unspecified atom stereocenters. The van der Waals surface area contributed by atoms with Crippen molar-refractivity contribution in [2.24, 2.45) is 0 Å². The summed E-state index contributed by atoms with van der Waals surface area (Å²) in [4.78, 5) is 17.9. The number of hydrogen-bond acceptors (Lipinski definition) is 5. The van der Waals surface area contributed by atoms with E-state index in [0.29, 0.717) is 6.04 Å². The molecule has 0 spiro atoms. The van der Waals surface area contributed by atoms with E-state index in [4.69, 9.17) is 0 Å². The molecule has 6 nitrogen and oxygen atoms in total. The number of anilines is 1. The maximum Gasteiger partial charge on any atom is 0.147 e. The van der Waals surface area contributed by atoms with Crippen molar-refractivity contribution in [3.63, 3.8) is 0 Å². The Morgan fingerprint density at radius 2 is 2.09 bits per heavy atom. The lowest BCUT2D eigenvalue weighted by Crippen LogP contribution is -2.28. The average molecular weight is 300 g/mol. The van der Waals surface area contributed by atoms with Crippen LogP contribution in [0.3, 0.4) is 0 Å². The molecule has 22 heavy (non-hydrogen) atoms. The Hall–Kier alpha value is -1.95. The Balaban J connectivity index is 1.84. The molecule has 2 aromatic rings. The summed E-state index contributed by atoms with van der Waals surface area (Å²) in [5.74, 6) is 0.945. The highest BCUT2D eigenvalue weighted by molar-refractivity contribution is 5.37. The average Bonchev–Trinajstić information content (AvgIpc) is 2.77. The van der Waals surface area contributed by atoms with Gasteiger partial charge in [-0.2, -0.15) is 0 Å². The van der Waals surface area contributed by atoms with E-state index in [0.717, 1.165) is 38.4 Å². The van der Waals surface area contributed by atoms with Crippen LogP contribution in [-0.4, -0.2) is 44.1 Å². The van der Waals surface area contributed by atoms with Crippen molar-refractivity contribution in [3.05, 3.63) is 36.3 Å². The summed E-state index contributed by atoms with van der Waals surface area (Å²) in [6.45, 7) is 8.17. The number of fused-ring (bicyclic) bond motifs is 1. The Labute approximate surface area is 131 Å². The largest absolute Gasteiger partial charge is 0.349 e. The van der Waals surface area contributed by atoms with Crippen molar-refractivity contribution in [2.45, 2.75) is 45.9 Å². The minimum atomic E-state index is 0.513. The molecule has 0 saturated carbocycles. The monoisotopic (exact) mass is 300 g/mol. The van der Waals surface area contributed by atoms with Gasteiger partial charge in [0.05, 0.1) is 30.5 Å². The molecule has 0 atom stereocenters. The van der Waals surface area contributed by atoms with Gasteiger partial charge in [-0.15, -0.1) is 0 Å². The van der Waals surface area contributed by atoms with Crippen molar-refractivity contribution >= 4 is 5.82 Å². The first-order valence-electron chi connectivity index (χ1n) is 7.89. The van der Waals surface area contributed by atoms with Crippen LogP contribution in [0.1, 0.15) is 31.7 Å². The number of nitrogens with zero attached hydrogens (tertiary/aromatic N) is 6. The Morgan fingerprint density at radius 1 is 1.23 bits per heavy atom. The molecular formula is C16H24N6. The van der Waals surface area contributed by atoms with E-state index in [1.165, 1.54) is 11.4 Å². The molecule has 0 aliphatic carbocycles. The number of aryl methyl sites for hydroxylation is 1. The summed E-state index contributed by atoms with van der Waals surface area (Å²) in [6, 6.07) is 0.513. The van der Waals surface area contributed by atoms with Crippen LogP contribution in [0.5, 0.6) is 0 Å². The third kappa shape index (κ3) is 3.11. The maximum atomic E-state index is 4.65. The second-order valence-electron chi connectivity index (χ2n) is 6.18. The molecule has 0 saturated heterocycles. The predicted molar refractivity (Wildman–Crippen MR) is 86.5 cm³/mol. The van der Waals surface area contributed by atoms with Gasteiger partial charge in [-0.25, -0.2) is 9.97 Å². The first kappa shape index (κ1) is 15.0. The molecule has 1 aliphatic rings. The lowest BCUT2D eigenvalue weighted by Gasteiger charge is -2.23. The molecule has 0 fully saturated rings. The van der Waals surface area contributed by atoms with Crippen LogP contribution in [0, 0.1) is 0 Å². The van der Waals surface area contributed by atoms with E-state index in [2.05, 4.69) is 50.2 Å². The maximum absolute atomic E-state index is 4.65. The Kier molecular flexibility index (Phi) is 4.38. The quantitative estimate of drug-likeness (QED) is 0.863. The van der Waals surface area contributed by atoms with Crippen molar-refractivity contribution in [1.82, 2.24) is 24.4 Å². The number of aromatic nitrogens is 4. The van der Waals surface area contributed by atoms with Gasteiger partial charge in [0.2, 0.25) is 0 Å². The van der Waals surface area contributed by atoms with E-state index in [1.54, 1.807) is 12.4 Å². The minimum absolute atomic E-state index is 0.513. The van der Waals surface area contributed by atoms with E-state index in [-0.39, 0.29) is 0 Å². The van der Waals surface area contributed by atoms with Gasteiger partial charge in [-0.3, -0.25) is 9.88 Å². The molecule has 0 aromatic carbocycles. The predicted octanol–water partition coefficient (Wildman–Crippen LogP) is 1.92. The van der Waals surface area contributed by atoms with Crippen molar-refractivity contribution in [3.8, 4) is 0 Å². The summed E-state index contributed by atoms with van der Waals surface area (Å²) in [7, 11) is 2.15. The van der Waals surface area contributed by atoms with Crippen molar-refractivity contribution in [1.29, 1.82) is 0 Å². The highest BCUT2D eigenvalue weighted by Crippen LogP contribution is 2.21. The van der Waals surface area contributed by atoms with Gasteiger partial charge < -0.3 is 9.47 Å². The van der Waals surface area contributed by atoms with Crippen molar-refractivity contribution in [2.75, 3.05) is 18.5 Å². The number of rotatable bonds is 4. The van der Waals surface area contributed by atoms with Crippen LogP contribution in [0.4, 0.5) is 5.82 Å². The molecule has 6 heteroatoms. The fourth-order valence-electron chi connectivity index (χ4n) is 2.72. The zero-order chi connectivity index (χ0) is 15.5. The molecule has 0 amide bonds. The lowest BCUT2D eigenvalue weighted by molar-refractivity contribution is 0.262. The highest BCUT2D eigenvalue weighted by Gasteiger charge is 2.20. The third-order valence-corrected chi connectivity index (χ3v) is 4.35. The van der Waals surface area contributed by atoms with Crippen LogP contribution in [0.25, 0.3) is 0 Å². The van der Waals surface area contributed by atoms with Crippen LogP contribution in [0.15, 0.2) is 24.9 Å². The first-order chi connectivity index (χ1) is 10.6. The zero-order valence-corrected chi connectivity index (χ0v) is 13.6. The standard InChI is InChI=1S/C16H24N6/c1-13(2)20(3)10-14-15-11-21(16-9-17-5-6-18-16)7-4-8-22(15)12-19-14/h5-6,9,12-13H,4,7-8,10-11H2,1-3H3. The molecular weight excluding hydrogens is 276 g/mol. The Bertz CT molecular complexity index is 606. The van der Waals surface area contributed by atoms with Gasteiger partial charge in [0.15, 0.2) is 0 Å². The van der Waals surface area contributed by atoms with E-state index in [9.17, 15) is 0 Å².